The van der Waals surface area contributed by atoms with Crippen LogP contribution in [0, 0.1) is 5.82 Å². The fraction of sp³-hybridized carbons (Fsp3) is 0.353. The Morgan fingerprint density at radius 2 is 1.96 bits per heavy atom. The normalized spacial score (nSPS) is 16.2. The van der Waals surface area contributed by atoms with E-state index in [1.54, 1.807) is 6.26 Å². The van der Waals surface area contributed by atoms with E-state index in [-0.39, 0.29) is 17.9 Å². The van der Waals surface area contributed by atoms with Crippen LogP contribution in [-0.2, 0) is 0 Å². The molecule has 1 aliphatic heterocycles. The number of nitrogens with zero attached hydrogens (tertiary/aromatic N) is 1. The second kappa shape index (κ2) is 7.28. The molecule has 2 N–H and O–H groups in total. The number of benzene rings is 1. The zero-order chi connectivity index (χ0) is 16.1. The molecule has 5 nitrogen and oxygen atoms in total. The van der Waals surface area contributed by atoms with Crippen LogP contribution >= 0.6 is 0 Å². The van der Waals surface area contributed by atoms with Crippen LogP contribution in [0.4, 0.5) is 14.9 Å². The summed E-state index contributed by atoms with van der Waals surface area (Å²) >= 11 is 0. The molecule has 2 heterocycles. The number of nitrogens with one attached hydrogen (secondary N) is 2. The van der Waals surface area contributed by atoms with Gasteiger partial charge >= 0.3 is 6.03 Å². The SMILES string of the molecule is O=C(NCC(c1ccco1)N1CCCC1)Nc1ccc(F)cc1. The number of carbonyl (C=O) groups excluding carboxylic acids is 1. The summed E-state index contributed by atoms with van der Waals surface area (Å²) in [5.74, 6) is 0.525. The first-order chi connectivity index (χ1) is 11.2. The molecule has 1 saturated heterocycles. The molecule has 0 radical (unpaired) electrons. The van der Waals surface area contributed by atoms with Crippen LogP contribution in [-0.4, -0.2) is 30.6 Å². The molecule has 0 saturated carbocycles. The molecule has 0 bridgehead atoms. The Hall–Kier alpha value is -2.34. The van der Waals surface area contributed by atoms with E-state index in [0.29, 0.717) is 12.2 Å². The van der Waals surface area contributed by atoms with Crippen molar-refractivity contribution in [3.05, 3.63) is 54.2 Å². The van der Waals surface area contributed by atoms with Crippen molar-refractivity contribution in [2.45, 2.75) is 18.9 Å². The summed E-state index contributed by atoms with van der Waals surface area (Å²) in [4.78, 5) is 14.3. The number of urea groups is 1. The lowest BCUT2D eigenvalue weighted by Gasteiger charge is -2.26. The van der Waals surface area contributed by atoms with E-state index in [1.807, 2.05) is 12.1 Å². The van der Waals surface area contributed by atoms with Crippen molar-refractivity contribution in [3.63, 3.8) is 0 Å². The molecule has 3 rings (SSSR count). The summed E-state index contributed by atoms with van der Waals surface area (Å²) in [6.07, 6.45) is 3.98. The van der Waals surface area contributed by atoms with Gasteiger partial charge in [0, 0.05) is 12.2 Å². The van der Waals surface area contributed by atoms with Crippen molar-refractivity contribution >= 4 is 11.7 Å². The van der Waals surface area contributed by atoms with E-state index in [0.717, 1.165) is 18.8 Å². The van der Waals surface area contributed by atoms with Gasteiger partial charge in [0.05, 0.1) is 12.3 Å². The predicted octanol–water partition coefficient (Wildman–Crippen LogP) is 3.38. The topological polar surface area (TPSA) is 57.5 Å². The minimum atomic E-state index is -0.331. The molecule has 1 unspecified atom stereocenters. The van der Waals surface area contributed by atoms with Crippen molar-refractivity contribution < 1.29 is 13.6 Å². The van der Waals surface area contributed by atoms with Gasteiger partial charge in [-0.15, -0.1) is 0 Å². The molecular weight excluding hydrogens is 297 g/mol. The largest absolute Gasteiger partial charge is 0.468 e. The van der Waals surface area contributed by atoms with Gasteiger partial charge in [0.2, 0.25) is 0 Å². The highest BCUT2D eigenvalue weighted by molar-refractivity contribution is 5.89. The Bertz CT molecular complexity index is 622. The quantitative estimate of drug-likeness (QED) is 0.889. The van der Waals surface area contributed by atoms with Gasteiger partial charge in [-0.05, 0) is 62.3 Å². The number of anilines is 1. The molecule has 0 spiro atoms. The standard InChI is InChI=1S/C17H20FN3O2/c18-13-5-7-14(8-6-13)20-17(22)19-12-15(16-4-3-11-23-16)21-9-1-2-10-21/h3-8,11,15H,1-2,9-10,12H2,(H2,19,20,22). The molecule has 1 atom stereocenters. The monoisotopic (exact) mass is 317 g/mol. The maximum atomic E-state index is 12.9. The van der Waals surface area contributed by atoms with Crippen molar-refractivity contribution in [2.24, 2.45) is 0 Å². The van der Waals surface area contributed by atoms with Gasteiger partial charge in [0.1, 0.15) is 11.6 Å². The first kappa shape index (κ1) is 15.6. The van der Waals surface area contributed by atoms with Crippen LogP contribution in [0.5, 0.6) is 0 Å². The summed E-state index contributed by atoms with van der Waals surface area (Å²) in [5.41, 5.74) is 0.555. The first-order valence-corrected chi connectivity index (χ1v) is 7.80. The number of rotatable bonds is 5. The summed E-state index contributed by atoms with van der Waals surface area (Å²) in [6.45, 7) is 2.47. The van der Waals surface area contributed by atoms with Crippen molar-refractivity contribution in [3.8, 4) is 0 Å². The molecule has 23 heavy (non-hydrogen) atoms. The lowest BCUT2D eigenvalue weighted by Crippen LogP contribution is -2.38. The first-order valence-electron chi connectivity index (χ1n) is 7.80. The average Bonchev–Trinajstić information content (AvgIpc) is 3.24. The molecule has 1 fully saturated rings. The highest BCUT2D eigenvalue weighted by Crippen LogP contribution is 2.24. The molecule has 1 aromatic carbocycles. The number of carbonyl (C=O) groups is 1. The molecule has 2 amide bonds. The minimum absolute atomic E-state index is 0.0338. The van der Waals surface area contributed by atoms with E-state index in [2.05, 4.69) is 15.5 Å². The predicted molar refractivity (Wildman–Crippen MR) is 85.7 cm³/mol. The zero-order valence-corrected chi connectivity index (χ0v) is 12.8. The van der Waals surface area contributed by atoms with Gasteiger partial charge in [-0.25, -0.2) is 9.18 Å². The fourth-order valence-electron chi connectivity index (χ4n) is 2.84. The van der Waals surface area contributed by atoms with Gasteiger partial charge < -0.3 is 15.1 Å². The number of amides is 2. The number of hydrogen-bond donors (Lipinski definition) is 2. The molecule has 1 aliphatic rings. The number of furan rings is 1. The lowest BCUT2D eigenvalue weighted by atomic mass is 10.2. The highest BCUT2D eigenvalue weighted by atomic mass is 19.1. The summed E-state index contributed by atoms with van der Waals surface area (Å²) in [5, 5.41) is 5.56. The molecule has 0 aliphatic carbocycles. The molecule has 2 aromatic rings. The van der Waals surface area contributed by atoms with Crippen LogP contribution < -0.4 is 10.6 Å². The van der Waals surface area contributed by atoms with Gasteiger partial charge in [0.15, 0.2) is 0 Å². The summed E-state index contributed by atoms with van der Waals surface area (Å²) < 4.78 is 18.4. The minimum Gasteiger partial charge on any atom is -0.468 e. The highest BCUT2D eigenvalue weighted by Gasteiger charge is 2.25. The van der Waals surface area contributed by atoms with Crippen LogP contribution in [0.25, 0.3) is 0 Å². The van der Waals surface area contributed by atoms with E-state index < -0.39 is 0 Å². The number of likely N-dealkylation sites (tertiary alicyclic amines) is 1. The van der Waals surface area contributed by atoms with Crippen molar-refractivity contribution in [1.29, 1.82) is 0 Å². The third kappa shape index (κ3) is 4.10. The van der Waals surface area contributed by atoms with Crippen LogP contribution in [0.3, 0.4) is 0 Å². The molecule has 122 valence electrons. The Morgan fingerprint density at radius 1 is 1.22 bits per heavy atom. The molecular formula is C17H20FN3O2. The Labute approximate surface area is 134 Å². The lowest BCUT2D eigenvalue weighted by molar-refractivity contribution is 0.207. The van der Waals surface area contributed by atoms with E-state index in [9.17, 15) is 9.18 Å². The Balaban J connectivity index is 1.57. The van der Waals surface area contributed by atoms with E-state index in [1.165, 1.54) is 37.1 Å². The van der Waals surface area contributed by atoms with E-state index >= 15 is 0 Å². The second-order valence-corrected chi connectivity index (χ2v) is 5.62. The summed E-state index contributed by atoms with van der Waals surface area (Å²) in [7, 11) is 0. The van der Waals surface area contributed by atoms with Crippen LogP contribution in [0.15, 0.2) is 47.1 Å². The average molecular weight is 317 g/mol. The number of hydrogen-bond acceptors (Lipinski definition) is 3. The van der Waals surface area contributed by atoms with E-state index in [4.69, 9.17) is 4.42 Å². The third-order valence-electron chi connectivity index (χ3n) is 4.01. The van der Waals surface area contributed by atoms with Gasteiger partial charge in [-0.1, -0.05) is 0 Å². The Morgan fingerprint density at radius 3 is 2.61 bits per heavy atom. The van der Waals surface area contributed by atoms with Gasteiger partial charge in [-0.2, -0.15) is 0 Å². The maximum Gasteiger partial charge on any atom is 0.319 e. The van der Waals surface area contributed by atoms with Crippen LogP contribution in [0.1, 0.15) is 24.6 Å². The fourth-order valence-corrected chi connectivity index (χ4v) is 2.84. The van der Waals surface area contributed by atoms with Crippen LogP contribution in [0.2, 0.25) is 0 Å². The van der Waals surface area contributed by atoms with Gasteiger partial charge in [0.25, 0.3) is 0 Å². The Kier molecular flexibility index (Phi) is 4.92. The molecule has 1 aromatic heterocycles. The second-order valence-electron chi connectivity index (χ2n) is 5.62. The molecule has 6 heteroatoms. The third-order valence-corrected chi connectivity index (χ3v) is 4.01. The van der Waals surface area contributed by atoms with Gasteiger partial charge in [-0.3, -0.25) is 4.90 Å². The number of halogens is 1. The zero-order valence-electron chi connectivity index (χ0n) is 12.8. The maximum absolute atomic E-state index is 12.9. The summed E-state index contributed by atoms with van der Waals surface area (Å²) in [6, 6.07) is 9.19. The van der Waals surface area contributed by atoms with Crippen molar-refractivity contribution in [2.75, 3.05) is 25.0 Å². The smallest absolute Gasteiger partial charge is 0.319 e. The van der Waals surface area contributed by atoms with Crippen molar-refractivity contribution in [1.82, 2.24) is 10.2 Å².